The van der Waals surface area contributed by atoms with E-state index in [-0.39, 0.29) is 13.0 Å². The monoisotopic (exact) mass is 159 g/mol. The fourth-order valence-electron chi connectivity index (χ4n) is 0.579. The summed E-state index contributed by atoms with van der Waals surface area (Å²) >= 11 is 0. The first-order valence-electron chi connectivity index (χ1n) is 3.31. The molecular weight excluding hydrogens is 146 g/mol. The maximum Gasteiger partial charge on any atom is 0.220 e. The van der Waals surface area contributed by atoms with E-state index in [4.69, 9.17) is 15.6 Å². The molecule has 4 nitrogen and oxygen atoms in total. The zero-order valence-electron chi connectivity index (χ0n) is 6.32. The van der Waals surface area contributed by atoms with Crippen LogP contribution in [0.2, 0.25) is 0 Å². The molecule has 0 fully saturated rings. The zero-order valence-corrected chi connectivity index (χ0v) is 6.32. The number of carbonyl (C=O) groups is 1. The van der Waals surface area contributed by atoms with E-state index in [1.165, 1.54) is 0 Å². The Kier molecular flexibility index (Phi) is 5.42. The van der Waals surface area contributed by atoms with Crippen LogP contribution in [0.4, 0.5) is 0 Å². The largest absolute Gasteiger partial charge is 0.390 e. The Morgan fingerprint density at radius 2 is 2.45 bits per heavy atom. The highest BCUT2D eigenvalue weighted by Gasteiger charge is 2.06. The average Bonchev–Trinajstić information content (AvgIpc) is 1.86. The highest BCUT2D eigenvalue weighted by Crippen LogP contribution is 1.91. The number of aliphatic hydroxyl groups is 1. The van der Waals surface area contributed by atoms with Crippen LogP contribution >= 0.6 is 0 Å². The molecule has 1 atom stereocenters. The lowest BCUT2D eigenvalue weighted by Gasteiger charge is -2.06. The molecular formula is C7H13NO3. The van der Waals surface area contributed by atoms with Gasteiger partial charge in [-0.3, -0.25) is 4.79 Å². The molecule has 0 bridgehead atoms. The van der Waals surface area contributed by atoms with Gasteiger partial charge in [0.15, 0.2) is 0 Å². The van der Waals surface area contributed by atoms with Gasteiger partial charge in [0.05, 0.1) is 25.7 Å². The van der Waals surface area contributed by atoms with Gasteiger partial charge in [-0.25, -0.2) is 0 Å². The summed E-state index contributed by atoms with van der Waals surface area (Å²) in [6.07, 6.45) is 0.709. The van der Waals surface area contributed by atoms with Crippen molar-refractivity contribution in [3.8, 4) is 0 Å². The molecule has 3 N–H and O–H groups in total. The molecule has 11 heavy (non-hydrogen) atoms. The van der Waals surface area contributed by atoms with Crippen molar-refractivity contribution >= 4 is 5.91 Å². The minimum absolute atomic E-state index is 0.0584. The molecule has 0 aliphatic rings. The Morgan fingerprint density at radius 1 is 1.82 bits per heavy atom. The lowest BCUT2D eigenvalue weighted by atomic mass is 10.2. The second-order valence-electron chi connectivity index (χ2n) is 2.15. The van der Waals surface area contributed by atoms with Crippen molar-refractivity contribution in [2.45, 2.75) is 12.5 Å². The number of amides is 1. The fraction of sp³-hybridized carbons (Fsp3) is 0.571. The molecule has 64 valence electrons. The van der Waals surface area contributed by atoms with Crippen LogP contribution in [-0.4, -0.2) is 30.3 Å². The lowest BCUT2D eigenvalue weighted by Crippen LogP contribution is -2.23. The molecule has 0 aromatic carbocycles. The van der Waals surface area contributed by atoms with Gasteiger partial charge in [-0.15, -0.1) is 6.58 Å². The molecule has 0 spiro atoms. The summed E-state index contributed by atoms with van der Waals surface area (Å²) in [6, 6.07) is 0. The third-order valence-corrected chi connectivity index (χ3v) is 0.983. The smallest absolute Gasteiger partial charge is 0.220 e. The average molecular weight is 159 g/mol. The molecule has 0 heterocycles. The van der Waals surface area contributed by atoms with Gasteiger partial charge in [0.2, 0.25) is 5.91 Å². The van der Waals surface area contributed by atoms with Crippen molar-refractivity contribution in [2.75, 3.05) is 13.2 Å². The standard InChI is InChI=1S/C7H13NO3/c1-2-3-11-5-6(9)4-7(8)10/h2,6,9H,1,3-5H2,(H2,8,10). The third-order valence-electron chi connectivity index (χ3n) is 0.983. The van der Waals surface area contributed by atoms with E-state index in [9.17, 15) is 4.79 Å². The van der Waals surface area contributed by atoms with Crippen molar-refractivity contribution in [3.63, 3.8) is 0 Å². The van der Waals surface area contributed by atoms with Crippen molar-refractivity contribution < 1.29 is 14.6 Å². The molecule has 0 rings (SSSR count). The van der Waals surface area contributed by atoms with E-state index in [1.807, 2.05) is 0 Å². The maximum absolute atomic E-state index is 10.2. The van der Waals surface area contributed by atoms with Gasteiger partial charge in [-0.1, -0.05) is 6.08 Å². The first-order chi connectivity index (χ1) is 5.16. The van der Waals surface area contributed by atoms with E-state index in [0.29, 0.717) is 6.61 Å². The molecule has 0 aliphatic carbocycles. The predicted molar refractivity (Wildman–Crippen MR) is 40.8 cm³/mol. The first-order valence-corrected chi connectivity index (χ1v) is 3.31. The fourth-order valence-corrected chi connectivity index (χ4v) is 0.579. The molecule has 4 heteroatoms. The molecule has 1 amide bonds. The first kappa shape index (κ1) is 10.1. The van der Waals surface area contributed by atoms with Gasteiger partial charge in [0, 0.05) is 0 Å². The van der Waals surface area contributed by atoms with Crippen LogP contribution in [0.3, 0.4) is 0 Å². The van der Waals surface area contributed by atoms with Gasteiger partial charge in [-0.05, 0) is 0 Å². The number of ether oxygens (including phenoxy) is 1. The van der Waals surface area contributed by atoms with E-state index in [2.05, 4.69) is 6.58 Å². The topological polar surface area (TPSA) is 72.6 Å². The lowest BCUT2D eigenvalue weighted by molar-refractivity contribution is -0.120. The van der Waals surface area contributed by atoms with Crippen LogP contribution in [0.25, 0.3) is 0 Å². The minimum Gasteiger partial charge on any atom is -0.390 e. The van der Waals surface area contributed by atoms with Crippen molar-refractivity contribution in [3.05, 3.63) is 12.7 Å². The normalized spacial score (nSPS) is 12.5. The molecule has 0 aromatic heterocycles. The zero-order chi connectivity index (χ0) is 8.69. The molecule has 0 radical (unpaired) electrons. The van der Waals surface area contributed by atoms with E-state index < -0.39 is 12.0 Å². The Morgan fingerprint density at radius 3 is 2.91 bits per heavy atom. The minimum atomic E-state index is -0.799. The third kappa shape index (κ3) is 7.02. The molecule has 0 saturated carbocycles. The van der Waals surface area contributed by atoms with Gasteiger partial charge < -0.3 is 15.6 Å². The van der Waals surface area contributed by atoms with Gasteiger partial charge in [0.25, 0.3) is 0 Å². The van der Waals surface area contributed by atoms with Crippen molar-refractivity contribution in [2.24, 2.45) is 5.73 Å². The van der Waals surface area contributed by atoms with Crippen molar-refractivity contribution in [1.29, 1.82) is 0 Å². The number of hydrogen-bond donors (Lipinski definition) is 2. The van der Waals surface area contributed by atoms with Crippen LogP contribution in [0, 0.1) is 0 Å². The molecule has 0 aliphatic heterocycles. The number of hydrogen-bond acceptors (Lipinski definition) is 3. The SMILES string of the molecule is C=CCOCC(O)CC(N)=O. The summed E-state index contributed by atoms with van der Waals surface area (Å²) in [5, 5.41) is 8.99. The summed E-state index contributed by atoms with van der Waals surface area (Å²) < 4.78 is 4.87. The van der Waals surface area contributed by atoms with Crippen LogP contribution in [0.15, 0.2) is 12.7 Å². The Balaban J connectivity index is 3.28. The highest BCUT2D eigenvalue weighted by molar-refractivity contribution is 5.74. The van der Waals surface area contributed by atoms with Crippen LogP contribution in [0.1, 0.15) is 6.42 Å². The van der Waals surface area contributed by atoms with Crippen LogP contribution in [0.5, 0.6) is 0 Å². The van der Waals surface area contributed by atoms with E-state index in [1.54, 1.807) is 6.08 Å². The summed E-state index contributed by atoms with van der Waals surface area (Å²) in [4.78, 5) is 10.2. The summed E-state index contributed by atoms with van der Waals surface area (Å²) in [5.74, 6) is -0.528. The number of aliphatic hydroxyl groups excluding tert-OH is 1. The molecule has 0 aromatic rings. The highest BCUT2D eigenvalue weighted by atomic mass is 16.5. The number of nitrogens with two attached hydrogens (primary N) is 1. The number of primary amides is 1. The summed E-state index contributed by atoms with van der Waals surface area (Å²) in [7, 11) is 0. The van der Waals surface area contributed by atoms with Crippen LogP contribution < -0.4 is 5.73 Å². The second-order valence-corrected chi connectivity index (χ2v) is 2.15. The van der Waals surface area contributed by atoms with Gasteiger partial charge >= 0.3 is 0 Å². The Labute approximate surface area is 65.6 Å². The summed E-state index contributed by atoms with van der Waals surface area (Å²) in [6.45, 7) is 3.91. The van der Waals surface area contributed by atoms with Gasteiger partial charge in [0.1, 0.15) is 0 Å². The van der Waals surface area contributed by atoms with Crippen LogP contribution in [-0.2, 0) is 9.53 Å². The second kappa shape index (κ2) is 5.88. The maximum atomic E-state index is 10.2. The number of carbonyl (C=O) groups excluding carboxylic acids is 1. The number of rotatable bonds is 6. The molecule has 1 unspecified atom stereocenters. The quantitative estimate of drug-likeness (QED) is 0.402. The van der Waals surface area contributed by atoms with E-state index >= 15 is 0 Å². The summed E-state index contributed by atoms with van der Waals surface area (Å²) in [5.41, 5.74) is 4.82. The Bertz CT molecular complexity index is 136. The van der Waals surface area contributed by atoms with Gasteiger partial charge in [-0.2, -0.15) is 0 Å². The van der Waals surface area contributed by atoms with Crippen molar-refractivity contribution in [1.82, 2.24) is 0 Å². The Hall–Kier alpha value is -0.870. The predicted octanol–water partition coefficient (Wildman–Crippen LogP) is -0.575. The molecule has 0 saturated heterocycles. The van der Waals surface area contributed by atoms with E-state index in [0.717, 1.165) is 0 Å².